The molecule has 0 aliphatic rings. The molecule has 0 fully saturated rings. The van der Waals surface area contributed by atoms with Gasteiger partial charge in [0.1, 0.15) is 5.82 Å². The minimum atomic E-state index is -0.296. The summed E-state index contributed by atoms with van der Waals surface area (Å²) < 4.78 is 14.9. The predicted molar refractivity (Wildman–Crippen MR) is 87.3 cm³/mol. The van der Waals surface area contributed by atoms with Crippen molar-refractivity contribution in [2.75, 3.05) is 0 Å². The number of benzene rings is 2. The maximum atomic E-state index is 13.1. The van der Waals surface area contributed by atoms with E-state index < -0.39 is 0 Å². The van der Waals surface area contributed by atoms with Gasteiger partial charge in [-0.3, -0.25) is 9.48 Å². The van der Waals surface area contributed by atoms with E-state index in [0.29, 0.717) is 19.5 Å². The number of hydrogen-bond donors (Lipinski definition) is 1. The van der Waals surface area contributed by atoms with Crippen LogP contribution >= 0.6 is 0 Å². The molecule has 3 aromatic rings. The molecule has 0 saturated heterocycles. The number of hydrogen-bond acceptors (Lipinski definition) is 2. The highest BCUT2D eigenvalue weighted by Crippen LogP contribution is 2.17. The molecule has 1 aromatic heterocycles. The van der Waals surface area contributed by atoms with Crippen LogP contribution in [0.5, 0.6) is 0 Å². The summed E-state index contributed by atoms with van der Waals surface area (Å²) in [6.45, 7) is 2.81. The lowest BCUT2D eigenvalue weighted by atomic mass is 10.2. The van der Waals surface area contributed by atoms with Crippen LogP contribution in [-0.4, -0.2) is 15.7 Å². The Morgan fingerprint density at radius 2 is 2.04 bits per heavy atom. The average molecular weight is 311 g/mol. The zero-order valence-corrected chi connectivity index (χ0v) is 12.9. The molecular weight excluding hydrogens is 293 g/mol. The van der Waals surface area contributed by atoms with Gasteiger partial charge < -0.3 is 5.32 Å². The van der Waals surface area contributed by atoms with E-state index in [4.69, 9.17) is 0 Å². The number of aromatic nitrogens is 2. The van der Waals surface area contributed by atoms with E-state index >= 15 is 0 Å². The molecule has 4 nitrogen and oxygen atoms in total. The van der Waals surface area contributed by atoms with Crippen LogP contribution in [0.2, 0.25) is 0 Å². The Labute approximate surface area is 133 Å². The van der Waals surface area contributed by atoms with Crippen LogP contribution < -0.4 is 5.32 Å². The summed E-state index contributed by atoms with van der Waals surface area (Å²) in [5.74, 6) is -0.373. The van der Waals surface area contributed by atoms with Crippen LogP contribution in [0.15, 0.2) is 48.5 Å². The topological polar surface area (TPSA) is 46.9 Å². The predicted octanol–water partition coefficient (Wildman–Crippen LogP) is 3.19. The van der Waals surface area contributed by atoms with Gasteiger partial charge in [-0.2, -0.15) is 5.10 Å². The number of carbonyl (C=O) groups excluding carboxylic acids is 1. The number of nitrogens with one attached hydrogen (secondary N) is 1. The smallest absolute Gasteiger partial charge is 0.222 e. The second-order valence-corrected chi connectivity index (χ2v) is 5.48. The molecule has 1 amide bonds. The van der Waals surface area contributed by atoms with Gasteiger partial charge in [-0.1, -0.05) is 30.3 Å². The van der Waals surface area contributed by atoms with Crippen molar-refractivity contribution in [2.24, 2.45) is 0 Å². The highest BCUT2D eigenvalue weighted by molar-refractivity contribution is 5.82. The fraction of sp³-hybridized carbons (Fsp3) is 0.222. The van der Waals surface area contributed by atoms with Crippen molar-refractivity contribution in [3.63, 3.8) is 0 Å². The molecule has 3 rings (SSSR count). The van der Waals surface area contributed by atoms with E-state index in [2.05, 4.69) is 10.4 Å². The SMILES string of the molecule is Cc1nn(CCC(=O)NCc2cccc(F)c2)c2ccccc12. The molecule has 2 aromatic carbocycles. The van der Waals surface area contributed by atoms with E-state index in [1.165, 1.54) is 12.1 Å². The standard InChI is InChI=1S/C18H18FN3O/c1-13-16-7-2-3-8-17(16)22(21-13)10-9-18(23)20-12-14-5-4-6-15(19)11-14/h2-8,11H,9-10,12H2,1H3,(H,20,23). The van der Waals surface area contributed by atoms with Crippen molar-refractivity contribution in [2.45, 2.75) is 26.4 Å². The van der Waals surface area contributed by atoms with Gasteiger partial charge in [0.15, 0.2) is 0 Å². The second kappa shape index (κ2) is 6.60. The highest BCUT2D eigenvalue weighted by Gasteiger charge is 2.08. The summed E-state index contributed by atoms with van der Waals surface area (Å²) in [5, 5.41) is 8.39. The third-order valence-electron chi connectivity index (χ3n) is 3.77. The summed E-state index contributed by atoms with van der Waals surface area (Å²) in [4.78, 5) is 12.0. The molecule has 0 spiro atoms. The first kappa shape index (κ1) is 15.2. The van der Waals surface area contributed by atoms with Gasteiger partial charge in [-0.05, 0) is 30.7 Å². The van der Waals surface area contributed by atoms with E-state index in [0.717, 1.165) is 22.2 Å². The Morgan fingerprint density at radius 3 is 2.87 bits per heavy atom. The molecule has 1 N–H and O–H groups in total. The quantitative estimate of drug-likeness (QED) is 0.786. The first-order valence-corrected chi connectivity index (χ1v) is 7.57. The molecule has 118 valence electrons. The lowest BCUT2D eigenvalue weighted by molar-refractivity contribution is -0.121. The van der Waals surface area contributed by atoms with Crippen molar-refractivity contribution < 1.29 is 9.18 Å². The van der Waals surface area contributed by atoms with Crippen molar-refractivity contribution >= 4 is 16.8 Å². The fourth-order valence-corrected chi connectivity index (χ4v) is 2.61. The first-order chi connectivity index (χ1) is 11.1. The Morgan fingerprint density at radius 1 is 1.22 bits per heavy atom. The number of rotatable bonds is 5. The van der Waals surface area contributed by atoms with Crippen molar-refractivity contribution in [3.05, 3.63) is 65.6 Å². The van der Waals surface area contributed by atoms with E-state index in [-0.39, 0.29) is 11.7 Å². The van der Waals surface area contributed by atoms with Gasteiger partial charge >= 0.3 is 0 Å². The van der Waals surface area contributed by atoms with Gasteiger partial charge in [-0.15, -0.1) is 0 Å². The third kappa shape index (κ3) is 3.56. The molecule has 0 atom stereocenters. The first-order valence-electron chi connectivity index (χ1n) is 7.57. The molecule has 5 heteroatoms. The van der Waals surface area contributed by atoms with Gasteiger partial charge in [0.2, 0.25) is 5.91 Å². The van der Waals surface area contributed by atoms with Gasteiger partial charge in [0, 0.05) is 18.4 Å². The van der Waals surface area contributed by atoms with Crippen LogP contribution in [0, 0.1) is 12.7 Å². The van der Waals surface area contributed by atoms with Crippen LogP contribution in [0.4, 0.5) is 4.39 Å². The minimum absolute atomic E-state index is 0.0773. The third-order valence-corrected chi connectivity index (χ3v) is 3.77. The zero-order chi connectivity index (χ0) is 16.2. The largest absolute Gasteiger partial charge is 0.352 e. The number of para-hydroxylation sites is 1. The molecule has 1 heterocycles. The zero-order valence-electron chi connectivity index (χ0n) is 12.9. The molecule has 23 heavy (non-hydrogen) atoms. The lowest BCUT2D eigenvalue weighted by Gasteiger charge is -2.06. The molecule has 0 saturated carbocycles. The molecular formula is C18H18FN3O. The summed E-state index contributed by atoms with van der Waals surface area (Å²) in [7, 11) is 0. The maximum absolute atomic E-state index is 13.1. The number of carbonyl (C=O) groups is 1. The monoisotopic (exact) mass is 311 g/mol. The number of nitrogens with zero attached hydrogens (tertiary/aromatic N) is 2. The average Bonchev–Trinajstić information content (AvgIpc) is 2.88. The van der Waals surface area contributed by atoms with Gasteiger partial charge in [-0.25, -0.2) is 4.39 Å². The number of aryl methyl sites for hydroxylation is 2. The Kier molecular flexibility index (Phi) is 4.37. The van der Waals surface area contributed by atoms with Crippen molar-refractivity contribution in [3.8, 4) is 0 Å². The van der Waals surface area contributed by atoms with Gasteiger partial charge in [0.25, 0.3) is 0 Å². The maximum Gasteiger partial charge on any atom is 0.222 e. The Hall–Kier alpha value is -2.69. The molecule has 0 aliphatic carbocycles. The van der Waals surface area contributed by atoms with Crippen LogP contribution in [-0.2, 0) is 17.9 Å². The van der Waals surface area contributed by atoms with Crippen LogP contribution in [0.3, 0.4) is 0 Å². The second-order valence-electron chi connectivity index (χ2n) is 5.48. The van der Waals surface area contributed by atoms with Crippen molar-refractivity contribution in [1.29, 1.82) is 0 Å². The summed E-state index contributed by atoms with van der Waals surface area (Å²) in [6.07, 6.45) is 0.334. The Balaban J connectivity index is 1.58. The molecule has 0 radical (unpaired) electrons. The minimum Gasteiger partial charge on any atom is -0.352 e. The van der Waals surface area contributed by atoms with E-state index in [1.54, 1.807) is 12.1 Å². The lowest BCUT2D eigenvalue weighted by Crippen LogP contribution is -2.24. The molecule has 0 unspecified atom stereocenters. The van der Waals surface area contributed by atoms with E-state index in [1.807, 2.05) is 35.9 Å². The van der Waals surface area contributed by atoms with E-state index in [9.17, 15) is 9.18 Å². The van der Waals surface area contributed by atoms with Crippen LogP contribution in [0.25, 0.3) is 10.9 Å². The molecule has 0 bridgehead atoms. The van der Waals surface area contributed by atoms with Crippen LogP contribution in [0.1, 0.15) is 17.7 Å². The summed E-state index contributed by atoms with van der Waals surface area (Å²) in [6, 6.07) is 14.2. The normalized spacial score (nSPS) is 10.9. The molecule has 0 aliphatic heterocycles. The number of amides is 1. The van der Waals surface area contributed by atoms with Crippen molar-refractivity contribution in [1.82, 2.24) is 15.1 Å². The fourth-order valence-electron chi connectivity index (χ4n) is 2.61. The summed E-state index contributed by atoms with van der Waals surface area (Å²) in [5.41, 5.74) is 2.74. The summed E-state index contributed by atoms with van der Waals surface area (Å²) >= 11 is 0. The number of fused-ring (bicyclic) bond motifs is 1. The number of halogens is 1. The van der Waals surface area contributed by atoms with Gasteiger partial charge in [0.05, 0.1) is 17.8 Å². The highest BCUT2D eigenvalue weighted by atomic mass is 19.1. The Bertz CT molecular complexity index is 841.